The van der Waals surface area contributed by atoms with Gasteiger partial charge in [-0.1, -0.05) is 18.7 Å². The lowest BCUT2D eigenvalue weighted by atomic mass is 10.2. The lowest BCUT2D eigenvalue weighted by molar-refractivity contribution is 0.0720. The van der Waals surface area contributed by atoms with Gasteiger partial charge in [0.15, 0.2) is 0 Å². The molecule has 11 heavy (non-hydrogen) atoms. The number of hydrogen-bond acceptors (Lipinski definition) is 3. The minimum absolute atomic E-state index is 0.0467. The molecule has 0 atom stereocenters. The topological polar surface area (TPSA) is 55.4 Å². The van der Waals surface area contributed by atoms with Crippen LogP contribution >= 0.6 is 0 Å². The molecule has 68 valence electrons. The van der Waals surface area contributed by atoms with E-state index < -0.39 is 10.0 Å². The first kappa shape index (κ1) is 10.9. The van der Waals surface area contributed by atoms with E-state index >= 15 is 0 Å². The number of sulfonamides is 1. The molecule has 0 bridgehead atoms. The van der Waals surface area contributed by atoms with Crippen LogP contribution in [0.25, 0.3) is 0 Å². The Kier molecular flexibility index (Phi) is 4.63. The molecule has 5 heteroatoms. The van der Waals surface area contributed by atoms with Crippen LogP contribution in [-0.4, -0.2) is 20.8 Å². The first-order valence-corrected chi connectivity index (χ1v) is 5.24. The average Bonchev–Trinajstić information content (AvgIpc) is 1.87. The highest BCUT2D eigenvalue weighted by Crippen LogP contribution is 1.91. The van der Waals surface area contributed by atoms with E-state index in [4.69, 9.17) is 4.84 Å². The summed E-state index contributed by atoms with van der Waals surface area (Å²) >= 11 is 0. The minimum atomic E-state index is -3.19. The summed E-state index contributed by atoms with van der Waals surface area (Å²) in [7, 11) is -3.19. The second-order valence-corrected chi connectivity index (χ2v) is 4.67. The standard InChI is InChI=1S/C6H15NO3S/c1-4-11(8,9)7-10-5-6(2)3/h6-7H,4-5H2,1-3H3. The van der Waals surface area contributed by atoms with Crippen LogP contribution in [0, 0.1) is 5.92 Å². The molecule has 0 fully saturated rings. The summed E-state index contributed by atoms with van der Waals surface area (Å²) in [5, 5.41) is 0. The molecule has 0 aliphatic carbocycles. The molecule has 0 saturated heterocycles. The highest BCUT2D eigenvalue weighted by atomic mass is 32.2. The maximum Gasteiger partial charge on any atom is 0.233 e. The second kappa shape index (κ2) is 4.69. The van der Waals surface area contributed by atoms with Crippen molar-refractivity contribution in [2.24, 2.45) is 5.92 Å². The summed E-state index contributed by atoms with van der Waals surface area (Å²) in [6.07, 6.45) is 0. The molecule has 1 N–H and O–H groups in total. The summed E-state index contributed by atoms with van der Waals surface area (Å²) in [6.45, 7) is 5.85. The van der Waals surface area contributed by atoms with Crippen LogP contribution in [-0.2, 0) is 14.9 Å². The normalized spacial score (nSPS) is 12.4. The summed E-state index contributed by atoms with van der Waals surface area (Å²) < 4.78 is 21.5. The van der Waals surface area contributed by atoms with Crippen molar-refractivity contribution in [2.75, 3.05) is 12.4 Å². The largest absolute Gasteiger partial charge is 0.287 e. The average molecular weight is 181 g/mol. The lowest BCUT2D eigenvalue weighted by Crippen LogP contribution is -2.27. The van der Waals surface area contributed by atoms with Gasteiger partial charge in [0.05, 0.1) is 12.4 Å². The first-order valence-electron chi connectivity index (χ1n) is 3.59. The van der Waals surface area contributed by atoms with Crippen LogP contribution in [0.15, 0.2) is 0 Å². The van der Waals surface area contributed by atoms with Crippen molar-refractivity contribution in [3.05, 3.63) is 0 Å². The van der Waals surface area contributed by atoms with E-state index in [1.165, 1.54) is 0 Å². The van der Waals surface area contributed by atoms with Gasteiger partial charge < -0.3 is 0 Å². The Labute approximate surface area is 67.9 Å². The molecule has 4 nitrogen and oxygen atoms in total. The van der Waals surface area contributed by atoms with E-state index in [9.17, 15) is 8.42 Å². The van der Waals surface area contributed by atoms with Gasteiger partial charge in [-0.15, -0.1) is 0 Å². The van der Waals surface area contributed by atoms with E-state index in [1.807, 2.05) is 18.7 Å². The molecule has 0 rings (SSSR count). The Bertz CT molecular complexity index is 186. The molecule has 0 spiro atoms. The number of nitrogens with one attached hydrogen (secondary N) is 1. The van der Waals surface area contributed by atoms with Crippen LogP contribution < -0.4 is 4.89 Å². The predicted molar refractivity (Wildman–Crippen MR) is 43.4 cm³/mol. The molecule has 0 radical (unpaired) electrons. The molecule has 0 heterocycles. The maximum atomic E-state index is 10.7. The maximum absolute atomic E-state index is 10.7. The monoisotopic (exact) mass is 181 g/mol. The van der Waals surface area contributed by atoms with Crippen LogP contribution in [0.3, 0.4) is 0 Å². The van der Waals surface area contributed by atoms with Crippen molar-refractivity contribution in [2.45, 2.75) is 20.8 Å². The highest BCUT2D eigenvalue weighted by molar-refractivity contribution is 7.89. The zero-order valence-electron chi connectivity index (χ0n) is 7.12. The van der Waals surface area contributed by atoms with Crippen LogP contribution in [0.5, 0.6) is 0 Å². The van der Waals surface area contributed by atoms with Crippen LogP contribution in [0.2, 0.25) is 0 Å². The van der Waals surface area contributed by atoms with Gasteiger partial charge in [-0.2, -0.15) is 0 Å². The van der Waals surface area contributed by atoms with Gasteiger partial charge in [0, 0.05) is 0 Å². The third kappa shape index (κ3) is 6.28. The van der Waals surface area contributed by atoms with E-state index in [1.54, 1.807) is 6.92 Å². The van der Waals surface area contributed by atoms with E-state index in [-0.39, 0.29) is 5.75 Å². The van der Waals surface area contributed by atoms with Crippen molar-refractivity contribution >= 4 is 10.0 Å². The fourth-order valence-electron chi connectivity index (χ4n) is 0.349. The van der Waals surface area contributed by atoms with Gasteiger partial charge in [-0.25, -0.2) is 8.42 Å². The zero-order chi connectivity index (χ0) is 8.91. The smallest absolute Gasteiger partial charge is 0.233 e. The Morgan fingerprint density at radius 3 is 2.36 bits per heavy atom. The van der Waals surface area contributed by atoms with Crippen molar-refractivity contribution < 1.29 is 13.3 Å². The zero-order valence-corrected chi connectivity index (χ0v) is 7.94. The fourth-order valence-corrected chi connectivity index (χ4v) is 0.715. The molecule has 0 aliphatic heterocycles. The quantitative estimate of drug-likeness (QED) is 0.629. The molecule has 0 saturated carbocycles. The molecule has 0 aromatic carbocycles. The first-order chi connectivity index (χ1) is 4.98. The summed E-state index contributed by atoms with van der Waals surface area (Å²) in [4.78, 5) is 6.72. The van der Waals surface area contributed by atoms with Gasteiger partial charge in [0.1, 0.15) is 0 Å². The molecule has 0 aliphatic rings. The Morgan fingerprint density at radius 2 is 2.00 bits per heavy atom. The van der Waals surface area contributed by atoms with Gasteiger partial charge in [0.2, 0.25) is 10.0 Å². The van der Waals surface area contributed by atoms with E-state index in [0.717, 1.165) is 0 Å². The van der Waals surface area contributed by atoms with Crippen LogP contribution in [0.1, 0.15) is 20.8 Å². The molecule has 0 amide bonds. The Hall–Kier alpha value is -0.130. The molecular weight excluding hydrogens is 166 g/mol. The van der Waals surface area contributed by atoms with Crippen molar-refractivity contribution in [3.8, 4) is 0 Å². The molecule has 0 unspecified atom stereocenters. The number of rotatable bonds is 5. The summed E-state index contributed by atoms with van der Waals surface area (Å²) in [5.41, 5.74) is 0. The Balaban J connectivity index is 3.55. The lowest BCUT2D eigenvalue weighted by Gasteiger charge is -2.06. The predicted octanol–water partition coefficient (Wildman–Crippen LogP) is 0.513. The van der Waals surface area contributed by atoms with Crippen molar-refractivity contribution in [3.63, 3.8) is 0 Å². The highest BCUT2D eigenvalue weighted by Gasteiger charge is 2.05. The van der Waals surface area contributed by atoms with Crippen molar-refractivity contribution in [1.29, 1.82) is 0 Å². The third-order valence-electron chi connectivity index (χ3n) is 0.983. The second-order valence-electron chi connectivity index (χ2n) is 2.69. The SMILES string of the molecule is CCS(=O)(=O)NOCC(C)C. The molecule has 0 aromatic heterocycles. The van der Waals surface area contributed by atoms with Crippen LogP contribution in [0.4, 0.5) is 0 Å². The Morgan fingerprint density at radius 1 is 1.45 bits per heavy atom. The fraction of sp³-hybridized carbons (Fsp3) is 1.00. The minimum Gasteiger partial charge on any atom is -0.287 e. The molecular formula is C6H15NO3S. The summed E-state index contributed by atoms with van der Waals surface area (Å²) in [6, 6.07) is 0. The number of hydrogen-bond donors (Lipinski definition) is 1. The summed E-state index contributed by atoms with van der Waals surface area (Å²) in [5.74, 6) is 0.375. The van der Waals surface area contributed by atoms with Gasteiger partial charge in [0.25, 0.3) is 0 Å². The molecule has 0 aromatic rings. The van der Waals surface area contributed by atoms with Gasteiger partial charge >= 0.3 is 0 Å². The van der Waals surface area contributed by atoms with Gasteiger partial charge in [-0.3, -0.25) is 4.84 Å². The van der Waals surface area contributed by atoms with E-state index in [2.05, 4.69) is 0 Å². The third-order valence-corrected chi connectivity index (χ3v) is 2.11. The van der Waals surface area contributed by atoms with E-state index in [0.29, 0.717) is 12.5 Å². The van der Waals surface area contributed by atoms with Gasteiger partial charge in [-0.05, 0) is 12.8 Å². The van der Waals surface area contributed by atoms with Crippen molar-refractivity contribution in [1.82, 2.24) is 4.89 Å².